The van der Waals surface area contributed by atoms with Crippen molar-refractivity contribution in [2.75, 3.05) is 33.3 Å². The van der Waals surface area contributed by atoms with Gasteiger partial charge in [-0.1, -0.05) is 42.5 Å². The van der Waals surface area contributed by atoms with Gasteiger partial charge in [-0.3, -0.25) is 9.89 Å². The highest BCUT2D eigenvalue weighted by Crippen LogP contribution is 2.25. The van der Waals surface area contributed by atoms with Crippen molar-refractivity contribution < 1.29 is 18.3 Å². The van der Waals surface area contributed by atoms with Crippen molar-refractivity contribution in [1.29, 1.82) is 0 Å². The summed E-state index contributed by atoms with van der Waals surface area (Å²) in [5.41, 5.74) is 2.15. The second kappa shape index (κ2) is 10.1. The first kappa shape index (κ1) is 21.5. The number of ether oxygens (including phenoxy) is 2. The van der Waals surface area contributed by atoms with Gasteiger partial charge in [0.25, 0.3) is 0 Å². The standard InChI is InChI=1S/C23H28F2N4O2/c1-26-23(27-13-18-8-5-9-19(12-18)31-22(24)25)29-15-20-21(16-29)30-11-10-28(20)14-17-6-3-2-4-7-17/h2-9,12,20-22H,10-11,13-16H2,1H3,(H,26,27). The van der Waals surface area contributed by atoms with Gasteiger partial charge in [-0.15, -0.1) is 0 Å². The molecule has 2 saturated heterocycles. The zero-order valence-corrected chi connectivity index (χ0v) is 17.6. The van der Waals surface area contributed by atoms with Gasteiger partial charge in [0.05, 0.1) is 18.8 Å². The van der Waals surface area contributed by atoms with Crippen molar-refractivity contribution in [3.05, 3.63) is 65.7 Å². The highest BCUT2D eigenvalue weighted by atomic mass is 19.3. The van der Waals surface area contributed by atoms with E-state index in [0.717, 1.165) is 44.3 Å². The van der Waals surface area contributed by atoms with Gasteiger partial charge in [0.1, 0.15) is 5.75 Å². The molecule has 2 heterocycles. The molecule has 166 valence electrons. The zero-order valence-electron chi connectivity index (χ0n) is 17.6. The van der Waals surface area contributed by atoms with Crippen LogP contribution in [0.4, 0.5) is 8.78 Å². The SMILES string of the molecule is CN=C(NCc1cccc(OC(F)F)c1)N1CC2OCCN(Cc3ccccc3)C2C1. The number of nitrogens with zero attached hydrogens (tertiary/aromatic N) is 3. The van der Waals surface area contributed by atoms with E-state index in [4.69, 9.17) is 4.74 Å². The Morgan fingerprint density at radius 3 is 2.74 bits per heavy atom. The number of aliphatic imine (C=N–C) groups is 1. The third-order valence-corrected chi connectivity index (χ3v) is 5.73. The lowest BCUT2D eigenvalue weighted by Gasteiger charge is -2.36. The van der Waals surface area contributed by atoms with E-state index < -0.39 is 6.61 Å². The van der Waals surface area contributed by atoms with Gasteiger partial charge >= 0.3 is 6.61 Å². The number of alkyl halides is 2. The van der Waals surface area contributed by atoms with E-state index in [0.29, 0.717) is 12.6 Å². The molecule has 2 aromatic carbocycles. The monoisotopic (exact) mass is 430 g/mol. The molecule has 0 spiro atoms. The Morgan fingerprint density at radius 2 is 1.97 bits per heavy atom. The fraction of sp³-hybridized carbons (Fsp3) is 0.435. The third kappa shape index (κ3) is 5.51. The van der Waals surface area contributed by atoms with Crippen molar-refractivity contribution in [1.82, 2.24) is 15.1 Å². The smallest absolute Gasteiger partial charge is 0.387 e. The third-order valence-electron chi connectivity index (χ3n) is 5.73. The predicted octanol–water partition coefficient (Wildman–Crippen LogP) is 2.95. The van der Waals surface area contributed by atoms with E-state index in [2.05, 4.69) is 49.1 Å². The minimum Gasteiger partial charge on any atom is -0.435 e. The number of nitrogens with one attached hydrogen (secondary N) is 1. The minimum atomic E-state index is -2.83. The molecule has 2 fully saturated rings. The number of rotatable bonds is 6. The number of morpholine rings is 1. The molecule has 6 nitrogen and oxygen atoms in total. The molecule has 0 radical (unpaired) electrons. The first-order chi connectivity index (χ1) is 15.1. The van der Waals surface area contributed by atoms with Crippen LogP contribution in [0.25, 0.3) is 0 Å². The second-order valence-corrected chi connectivity index (χ2v) is 7.76. The molecule has 0 amide bonds. The van der Waals surface area contributed by atoms with Crippen LogP contribution < -0.4 is 10.1 Å². The molecule has 0 bridgehead atoms. The Hall–Kier alpha value is -2.71. The van der Waals surface area contributed by atoms with E-state index in [1.165, 1.54) is 11.6 Å². The Labute approximate surface area is 181 Å². The first-order valence-electron chi connectivity index (χ1n) is 10.5. The summed E-state index contributed by atoms with van der Waals surface area (Å²) in [6, 6.07) is 17.5. The number of fused-ring (bicyclic) bond motifs is 1. The molecule has 1 N–H and O–H groups in total. The van der Waals surface area contributed by atoms with Crippen LogP contribution in [0.3, 0.4) is 0 Å². The van der Waals surface area contributed by atoms with Crippen LogP contribution in [-0.2, 0) is 17.8 Å². The number of hydrogen-bond acceptors (Lipinski definition) is 4. The number of halogens is 2. The molecule has 31 heavy (non-hydrogen) atoms. The summed E-state index contributed by atoms with van der Waals surface area (Å²) in [5, 5.41) is 3.34. The van der Waals surface area contributed by atoms with Gasteiger partial charge in [0, 0.05) is 39.8 Å². The van der Waals surface area contributed by atoms with E-state index in [9.17, 15) is 8.78 Å². The van der Waals surface area contributed by atoms with E-state index in [-0.39, 0.29) is 11.9 Å². The van der Waals surface area contributed by atoms with Crippen LogP contribution in [0.1, 0.15) is 11.1 Å². The normalized spacial score (nSPS) is 21.9. The maximum absolute atomic E-state index is 12.5. The summed E-state index contributed by atoms with van der Waals surface area (Å²) in [6.07, 6.45) is 0.138. The molecular weight excluding hydrogens is 402 g/mol. The average Bonchev–Trinajstić information content (AvgIpc) is 3.20. The van der Waals surface area contributed by atoms with Gasteiger partial charge in [-0.2, -0.15) is 8.78 Å². The van der Waals surface area contributed by atoms with Gasteiger partial charge in [-0.25, -0.2) is 0 Å². The van der Waals surface area contributed by atoms with Crippen molar-refractivity contribution in [3.8, 4) is 5.75 Å². The molecule has 0 aliphatic carbocycles. The van der Waals surface area contributed by atoms with Crippen LogP contribution in [0, 0.1) is 0 Å². The fourth-order valence-corrected chi connectivity index (χ4v) is 4.29. The summed E-state index contributed by atoms with van der Waals surface area (Å²) in [6.45, 7) is 1.77. The van der Waals surface area contributed by atoms with Crippen molar-refractivity contribution in [2.45, 2.75) is 31.8 Å². The number of hydrogen-bond donors (Lipinski definition) is 1. The van der Waals surface area contributed by atoms with Crippen LogP contribution >= 0.6 is 0 Å². The Bertz CT molecular complexity index is 881. The largest absolute Gasteiger partial charge is 0.435 e. The lowest BCUT2D eigenvalue weighted by molar-refractivity contribution is -0.0503. The molecule has 0 saturated carbocycles. The second-order valence-electron chi connectivity index (χ2n) is 7.76. The van der Waals surface area contributed by atoms with E-state index in [1.807, 2.05) is 12.1 Å². The van der Waals surface area contributed by atoms with Crippen LogP contribution in [0.2, 0.25) is 0 Å². The van der Waals surface area contributed by atoms with Gasteiger partial charge in [-0.05, 0) is 23.3 Å². The molecule has 8 heteroatoms. The summed E-state index contributed by atoms with van der Waals surface area (Å²) < 4.78 is 35.5. The lowest BCUT2D eigenvalue weighted by Crippen LogP contribution is -2.50. The maximum Gasteiger partial charge on any atom is 0.387 e. The highest BCUT2D eigenvalue weighted by molar-refractivity contribution is 5.80. The molecule has 0 aromatic heterocycles. The van der Waals surface area contributed by atoms with Crippen LogP contribution in [-0.4, -0.2) is 67.8 Å². The van der Waals surface area contributed by atoms with Crippen molar-refractivity contribution >= 4 is 5.96 Å². The summed E-state index contributed by atoms with van der Waals surface area (Å²) in [4.78, 5) is 9.12. The molecule has 2 aromatic rings. The van der Waals surface area contributed by atoms with Gasteiger partial charge in [0.15, 0.2) is 5.96 Å². The van der Waals surface area contributed by atoms with E-state index >= 15 is 0 Å². The summed E-state index contributed by atoms with van der Waals surface area (Å²) in [7, 11) is 1.75. The lowest BCUT2D eigenvalue weighted by atomic mass is 10.1. The Morgan fingerprint density at radius 1 is 1.16 bits per heavy atom. The average molecular weight is 430 g/mol. The van der Waals surface area contributed by atoms with Crippen molar-refractivity contribution in [3.63, 3.8) is 0 Å². The van der Waals surface area contributed by atoms with Crippen LogP contribution in [0.5, 0.6) is 5.75 Å². The molecule has 2 atom stereocenters. The molecule has 2 aliphatic heterocycles. The maximum atomic E-state index is 12.5. The molecule has 4 rings (SSSR count). The summed E-state index contributed by atoms with van der Waals surface area (Å²) >= 11 is 0. The topological polar surface area (TPSA) is 49.3 Å². The number of benzene rings is 2. The Balaban J connectivity index is 1.36. The highest BCUT2D eigenvalue weighted by Gasteiger charge is 2.41. The van der Waals surface area contributed by atoms with Crippen LogP contribution in [0.15, 0.2) is 59.6 Å². The summed E-state index contributed by atoms with van der Waals surface area (Å²) in [5.74, 6) is 0.930. The molecule has 2 aliphatic rings. The molecular formula is C23H28F2N4O2. The number of guanidine groups is 1. The quantitative estimate of drug-likeness (QED) is 0.564. The molecule has 2 unspecified atom stereocenters. The Kier molecular flexibility index (Phi) is 6.99. The zero-order chi connectivity index (χ0) is 21.6. The predicted molar refractivity (Wildman–Crippen MR) is 115 cm³/mol. The van der Waals surface area contributed by atoms with Crippen molar-refractivity contribution in [2.24, 2.45) is 4.99 Å². The first-order valence-corrected chi connectivity index (χ1v) is 10.5. The number of likely N-dealkylation sites (tertiary alicyclic amines) is 1. The minimum absolute atomic E-state index is 0.138. The van der Waals surface area contributed by atoms with E-state index in [1.54, 1.807) is 19.2 Å². The van der Waals surface area contributed by atoms with Gasteiger partial charge < -0.3 is 19.7 Å². The fourth-order valence-electron chi connectivity index (χ4n) is 4.29. The van der Waals surface area contributed by atoms with Gasteiger partial charge in [0.2, 0.25) is 0 Å².